The lowest BCUT2D eigenvalue weighted by molar-refractivity contribution is -0.137. The van der Waals surface area contributed by atoms with E-state index in [0.29, 0.717) is 17.8 Å². The molecule has 0 aliphatic carbocycles. The Balaban J connectivity index is 0.00000195. The Kier molecular flexibility index (Phi) is 9.14. The molecule has 2 aromatic carbocycles. The molecule has 0 fully saturated rings. The summed E-state index contributed by atoms with van der Waals surface area (Å²) in [5, 5.41) is 11.5. The fourth-order valence-corrected chi connectivity index (χ4v) is 3.41. The average molecular weight is 526 g/mol. The molecule has 0 radical (unpaired) electrons. The maximum Gasteiger partial charge on any atom is 0.416 e. The fourth-order valence-electron chi connectivity index (χ4n) is 3.41. The highest BCUT2D eigenvalue weighted by Gasteiger charge is 2.31. The lowest BCUT2D eigenvalue weighted by atomic mass is 10.0. The molecule has 198 valence electrons. The van der Waals surface area contributed by atoms with E-state index in [9.17, 15) is 22.8 Å². The molecule has 3 amide bonds. The first kappa shape index (κ1) is 27.8. The zero-order chi connectivity index (χ0) is 27.7. The normalized spacial score (nSPS) is 10.7. The third-order valence-electron chi connectivity index (χ3n) is 5.14. The summed E-state index contributed by atoms with van der Waals surface area (Å²) in [4.78, 5) is 32.2. The molecule has 12 heteroatoms. The van der Waals surface area contributed by atoms with Crippen molar-refractivity contribution in [3.8, 4) is 5.69 Å². The Morgan fingerprint density at radius 3 is 2.32 bits per heavy atom. The topological polar surface area (TPSA) is 114 Å². The monoisotopic (exact) mass is 525 g/mol. The zero-order valence-corrected chi connectivity index (χ0v) is 20.9. The molecule has 4 aromatic rings. The summed E-state index contributed by atoms with van der Waals surface area (Å²) >= 11 is 0. The number of hydrogen-bond acceptors (Lipinski definition) is 5. The summed E-state index contributed by atoms with van der Waals surface area (Å²) in [6.45, 7) is 4.00. The van der Waals surface area contributed by atoms with Gasteiger partial charge in [0.15, 0.2) is 0 Å². The molecule has 2 heterocycles. The maximum absolute atomic E-state index is 13.2. The lowest BCUT2D eigenvalue weighted by Gasteiger charge is -2.15. The van der Waals surface area contributed by atoms with E-state index in [1.54, 1.807) is 42.6 Å². The first-order valence-corrected chi connectivity index (χ1v) is 11.6. The number of nitrogens with zero attached hydrogens (tertiary/aromatic N) is 4. The summed E-state index contributed by atoms with van der Waals surface area (Å²) < 4.78 is 40.9. The predicted molar refractivity (Wildman–Crippen MR) is 137 cm³/mol. The summed E-state index contributed by atoms with van der Waals surface area (Å²) in [5.74, 6) is -0.282. The molecular formula is C26H26F3N7O2. The second-order valence-electron chi connectivity index (χ2n) is 7.65. The van der Waals surface area contributed by atoms with E-state index >= 15 is 0 Å². The van der Waals surface area contributed by atoms with Crippen LogP contribution in [0.25, 0.3) is 5.69 Å². The number of rotatable bonds is 6. The van der Waals surface area contributed by atoms with Crippen molar-refractivity contribution in [2.45, 2.75) is 26.4 Å². The van der Waals surface area contributed by atoms with E-state index in [1.807, 2.05) is 13.8 Å². The van der Waals surface area contributed by atoms with Crippen LogP contribution in [0.2, 0.25) is 0 Å². The number of nitrogens with one attached hydrogen (secondary N) is 3. The minimum Gasteiger partial charge on any atom is -0.354 e. The first-order chi connectivity index (χ1) is 18.2. The van der Waals surface area contributed by atoms with Crippen LogP contribution in [0.4, 0.5) is 29.3 Å². The number of benzene rings is 2. The van der Waals surface area contributed by atoms with Gasteiger partial charge in [0, 0.05) is 18.9 Å². The van der Waals surface area contributed by atoms with Gasteiger partial charge < -0.3 is 16.0 Å². The van der Waals surface area contributed by atoms with Crippen molar-refractivity contribution in [1.82, 2.24) is 25.1 Å². The van der Waals surface area contributed by atoms with Gasteiger partial charge in [-0.3, -0.25) is 9.78 Å². The van der Waals surface area contributed by atoms with Gasteiger partial charge in [-0.1, -0.05) is 26.0 Å². The number of hydrogen-bond donors (Lipinski definition) is 3. The van der Waals surface area contributed by atoms with E-state index in [4.69, 9.17) is 0 Å². The molecular weight excluding hydrogens is 499 g/mol. The largest absolute Gasteiger partial charge is 0.416 e. The SMILES string of the molecule is CC.CNC(=O)c1cc(Cc2ccc(NC(=O)Nc3cc(C(F)(F)F)ccc3-n3cncn3)cc2)ccn1. The quantitative estimate of drug-likeness (QED) is 0.316. The summed E-state index contributed by atoms with van der Waals surface area (Å²) in [7, 11) is 1.53. The Morgan fingerprint density at radius 2 is 1.68 bits per heavy atom. The van der Waals surface area contributed by atoms with Crippen molar-refractivity contribution >= 4 is 23.3 Å². The van der Waals surface area contributed by atoms with Crippen molar-refractivity contribution in [3.63, 3.8) is 0 Å². The van der Waals surface area contributed by atoms with Gasteiger partial charge in [0.05, 0.1) is 16.9 Å². The number of carbonyl (C=O) groups is 2. The van der Waals surface area contributed by atoms with Crippen molar-refractivity contribution in [2.75, 3.05) is 17.7 Å². The standard InChI is InChI=1S/C24H20F3N7O2.C2H6/c1-28-22(35)20-11-16(8-9-30-20)10-15-2-5-18(6-3-15)32-23(36)33-19-12-17(24(25,26)27)4-7-21(19)34-14-29-13-31-34;1-2/h2-9,11-14H,10H2,1H3,(H,28,35)(H2,32,33,36);1-2H3. The van der Waals surface area contributed by atoms with Crippen molar-refractivity contribution < 1.29 is 22.8 Å². The Labute approximate surface area is 217 Å². The Morgan fingerprint density at radius 1 is 0.947 bits per heavy atom. The van der Waals surface area contributed by atoms with Crippen LogP contribution in [-0.4, -0.2) is 38.7 Å². The van der Waals surface area contributed by atoms with Gasteiger partial charge in [-0.05, 0) is 60.0 Å². The molecule has 0 unspecified atom stereocenters. The van der Waals surface area contributed by atoms with Gasteiger partial charge in [0.2, 0.25) is 0 Å². The highest BCUT2D eigenvalue weighted by atomic mass is 19.4. The van der Waals surface area contributed by atoms with Gasteiger partial charge in [-0.2, -0.15) is 18.3 Å². The maximum atomic E-state index is 13.2. The molecule has 0 spiro atoms. The van der Waals surface area contributed by atoms with Crippen LogP contribution < -0.4 is 16.0 Å². The van der Waals surface area contributed by atoms with E-state index < -0.39 is 17.8 Å². The predicted octanol–water partition coefficient (Wildman–Crippen LogP) is 5.30. The minimum atomic E-state index is -4.58. The van der Waals surface area contributed by atoms with E-state index in [2.05, 4.69) is 31.0 Å². The van der Waals surface area contributed by atoms with Gasteiger partial charge >= 0.3 is 12.2 Å². The number of halogens is 3. The highest BCUT2D eigenvalue weighted by Crippen LogP contribution is 2.33. The Bertz CT molecular complexity index is 1370. The first-order valence-electron chi connectivity index (χ1n) is 11.6. The van der Waals surface area contributed by atoms with Crippen LogP contribution in [0.15, 0.2) is 73.4 Å². The molecule has 4 rings (SSSR count). The number of carbonyl (C=O) groups excluding carboxylic acids is 2. The van der Waals surface area contributed by atoms with Crippen LogP contribution in [-0.2, 0) is 12.6 Å². The lowest BCUT2D eigenvalue weighted by Crippen LogP contribution is -2.21. The number of urea groups is 1. The minimum absolute atomic E-state index is 0.0888. The van der Waals surface area contributed by atoms with Crippen molar-refractivity contribution in [2.24, 2.45) is 0 Å². The van der Waals surface area contributed by atoms with Crippen LogP contribution in [0.1, 0.15) is 41.0 Å². The summed E-state index contributed by atoms with van der Waals surface area (Å²) in [5.41, 5.74) is 1.76. The van der Waals surface area contributed by atoms with Crippen molar-refractivity contribution in [3.05, 3.63) is 95.8 Å². The van der Waals surface area contributed by atoms with E-state index in [1.165, 1.54) is 30.5 Å². The number of pyridine rings is 1. The van der Waals surface area contributed by atoms with Crippen LogP contribution in [0, 0.1) is 0 Å². The molecule has 0 bridgehead atoms. The molecule has 38 heavy (non-hydrogen) atoms. The molecule has 3 N–H and O–H groups in total. The van der Waals surface area contributed by atoms with Crippen LogP contribution >= 0.6 is 0 Å². The molecule has 0 atom stereocenters. The van der Waals surface area contributed by atoms with Gasteiger partial charge in [-0.25, -0.2) is 14.5 Å². The number of aromatic nitrogens is 4. The van der Waals surface area contributed by atoms with Gasteiger partial charge in [0.25, 0.3) is 5.91 Å². The molecule has 0 aliphatic heterocycles. The van der Waals surface area contributed by atoms with Crippen molar-refractivity contribution in [1.29, 1.82) is 0 Å². The average Bonchev–Trinajstić information content (AvgIpc) is 3.45. The van der Waals surface area contributed by atoms with Gasteiger partial charge in [0.1, 0.15) is 18.3 Å². The second kappa shape index (κ2) is 12.5. The molecule has 9 nitrogen and oxygen atoms in total. The number of anilines is 2. The van der Waals surface area contributed by atoms with Crippen LogP contribution in [0.3, 0.4) is 0 Å². The number of alkyl halides is 3. The van der Waals surface area contributed by atoms with E-state index in [-0.39, 0.29) is 17.3 Å². The second-order valence-corrected chi connectivity index (χ2v) is 7.65. The zero-order valence-electron chi connectivity index (χ0n) is 20.9. The van der Waals surface area contributed by atoms with Crippen LogP contribution in [0.5, 0.6) is 0 Å². The third-order valence-corrected chi connectivity index (χ3v) is 5.14. The number of amides is 3. The highest BCUT2D eigenvalue weighted by molar-refractivity contribution is 6.01. The molecule has 0 aliphatic rings. The molecule has 0 saturated heterocycles. The summed E-state index contributed by atoms with van der Waals surface area (Å²) in [6.07, 6.45) is 0.0464. The summed E-state index contributed by atoms with van der Waals surface area (Å²) in [6, 6.07) is 12.6. The fraction of sp³-hybridized carbons (Fsp3) is 0.192. The van der Waals surface area contributed by atoms with E-state index in [0.717, 1.165) is 23.3 Å². The third kappa shape index (κ3) is 7.15. The van der Waals surface area contributed by atoms with Gasteiger partial charge in [-0.15, -0.1) is 0 Å². The Hall–Kier alpha value is -4.74. The smallest absolute Gasteiger partial charge is 0.354 e. The molecule has 2 aromatic heterocycles. The molecule has 0 saturated carbocycles.